The number of rotatable bonds is 6. The van der Waals surface area contributed by atoms with E-state index < -0.39 is 18.0 Å². The Bertz CT molecular complexity index is 952. The van der Waals surface area contributed by atoms with Gasteiger partial charge in [-0.1, -0.05) is 6.07 Å². The van der Waals surface area contributed by atoms with Crippen LogP contribution in [0.3, 0.4) is 0 Å². The highest BCUT2D eigenvalue weighted by Crippen LogP contribution is 2.36. The number of hydrogen-bond donors (Lipinski definition) is 3. The minimum absolute atomic E-state index is 0.0326. The van der Waals surface area contributed by atoms with Gasteiger partial charge in [0, 0.05) is 0 Å². The third kappa shape index (κ3) is 4.11. The molecule has 2 amide bonds. The molecule has 2 aromatic carbocycles. The largest absolute Gasteiger partial charge is 0.504 e. The van der Waals surface area contributed by atoms with Gasteiger partial charge in [0.15, 0.2) is 11.5 Å². The molecule has 0 radical (unpaired) electrons. The summed E-state index contributed by atoms with van der Waals surface area (Å²) in [5.41, 5.74) is 1.74. The zero-order valence-corrected chi connectivity index (χ0v) is 16.3. The molecule has 1 aliphatic rings. The molecule has 0 spiro atoms. The fraction of sp³-hybridized carbons (Fsp3) is 0.238. The molecule has 0 aliphatic carbocycles. The first kappa shape index (κ1) is 20.1. The van der Waals surface area contributed by atoms with E-state index in [1.165, 1.54) is 13.2 Å². The van der Waals surface area contributed by atoms with Gasteiger partial charge in [0.25, 0.3) is 0 Å². The number of phenols is 1. The predicted molar refractivity (Wildman–Crippen MR) is 106 cm³/mol. The van der Waals surface area contributed by atoms with Crippen molar-refractivity contribution in [1.82, 2.24) is 10.6 Å². The summed E-state index contributed by atoms with van der Waals surface area (Å²) in [6.07, 6.45) is 0. The number of benzene rings is 2. The first-order chi connectivity index (χ1) is 14.0. The quantitative estimate of drug-likeness (QED) is 0.646. The lowest BCUT2D eigenvalue weighted by molar-refractivity contribution is -0.136. The minimum Gasteiger partial charge on any atom is -0.504 e. The number of methoxy groups -OCH3 is 2. The molecule has 1 atom stereocenters. The summed E-state index contributed by atoms with van der Waals surface area (Å²) in [6, 6.07) is 10.3. The molecule has 8 heteroatoms. The number of urea groups is 1. The predicted octanol–water partition coefficient (Wildman–Crippen LogP) is 2.74. The van der Waals surface area contributed by atoms with Crippen LogP contribution < -0.4 is 20.1 Å². The van der Waals surface area contributed by atoms with Crippen molar-refractivity contribution < 1.29 is 28.9 Å². The van der Waals surface area contributed by atoms with Gasteiger partial charge < -0.3 is 30.0 Å². The summed E-state index contributed by atoms with van der Waals surface area (Å²) >= 11 is 0. The molecule has 3 N–H and O–H groups in total. The number of esters is 1. The maximum absolute atomic E-state index is 12.7. The van der Waals surface area contributed by atoms with Crippen LogP contribution in [0, 0.1) is 0 Å². The number of amides is 2. The minimum atomic E-state index is -0.798. The molecule has 0 saturated carbocycles. The van der Waals surface area contributed by atoms with Crippen LogP contribution in [-0.2, 0) is 9.53 Å². The van der Waals surface area contributed by atoms with E-state index in [4.69, 9.17) is 14.2 Å². The van der Waals surface area contributed by atoms with Gasteiger partial charge in [-0.2, -0.15) is 0 Å². The van der Waals surface area contributed by atoms with Crippen molar-refractivity contribution in [2.75, 3.05) is 20.8 Å². The molecule has 1 aliphatic heterocycles. The monoisotopic (exact) mass is 398 g/mol. The van der Waals surface area contributed by atoms with Crippen LogP contribution in [0.25, 0.3) is 5.70 Å². The van der Waals surface area contributed by atoms with Gasteiger partial charge in [0.05, 0.1) is 38.1 Å². The number of hydrogen-bond acceptors (Lipinski definition) is 6. The fourth-order valence-electron chi connectivity index (χ4n) is 3.11. The Morgan fingerprint density at radius 3 is 2.48 bits per heavy atom. The number of ether oxygens (including phenoxy) is 3. The zero-order valence-electron chi connectivity index (χ0n) is 16.3. The number of aromatic hydroxyl groups is 1. The molecule has 0 aromatic heterocycles. The van der Waals surface area contributed by atoms with Crippen LogP contribution in [0.5, 0.6) is 17.2 Å². The number of carbonyl (C=O) groups is 2. The summed E-state index contributed by atoms with van der Waals surface area (Å²) in [5.74, 6) is 0.271. The van der Waals surface area contributed by atoms with Gasteiger partial charge in [0.1, 0.15) is 5.75 Å². The fourth-order valence-corrected chi connectivity index (χ4v) is 3.11. The Morgan fingerprint density at radius 2 is 1.86 bits per heavy atom. The van der Waals surface area contributed by atoms with E-state index in [2.05, 4.69) is 10.6 Å². The summed E-state index contributed by atoms with van der Waals surface area (Å²) < 4.78 is 15.6. The third-order valence-electron chi connectivity index (χ3n) is 4.47. The Hall–Kier alpha value is -3.68. The Labute approximate surface area is 168 Å². The Kier molecular flexibility index (Phi) is 5.92. The van der Waals surface area contributed by atoms with E-state index in [-0.39, 0.29) is 17.1 Å². The van der Waals surface area contributed by atoms with E-state index in [1.807, 2.05) is 0 Å². The highest BCUT2D eigenvalue weighted by atomic mass is 16.5. The molecule has 1 heterocycles. The normalized spacial score (nSPS) is 16.0. The van der Waals surface area contributed by atoms with Gasteiger partial charge in [0.2, 0.25) is 0 Å². The van der Waals surface area contributed by atoms with Crippen molar-refractivity contribution in [2.45, 2.75) is 13.0 Å². The molecule has 2 aromatic rings. The highest BCUT2D eigenvalue weighted by Gasteiger charge is 2.34. The van der Waals surface area contributed by atoms with Crippen LogP contribution in [0.2, 0.25) is 0 Å². The maximum atomic E-state index is 12.7. The SMILES string of the molecule is CCOc1cc(C2NC(=O)NC(c3ccc(OC)cc3)=C2C(=O)OC)ccc1O. The average Bonchev–Trinajstić information content (AvgIpc) is 2.74. The molecular formula is C21H22N2O6. The lowest BCUT2D eigenvalue weighted by Gasteiger charge is -2.29. The van der Waals surface area contributed by atoms with Crippen LogP contribution in [0.1, 0.15) is 24.1 Å². The Balaban J connectivity index is 2.15. The second kappa shape index (κ2) is 8.55. The second-order valence-electron chi connectivity index (χ2n) is 6.20. The first-order valence-corrected chi connectivity index (χ1v) is 8.98. The second-order valence-corrected chi connectivity index (χ2v) is 6.20. The summed E-state index contributed by atoms with van der Waals surface area (Å²) in [7, 11) is 2.83. The van der Waals surface area contributed by atoms with Crippen molar-refractivity contribution in [3.8, 4) is 17.2 Å². The Morgan fingerprint density at radius 1 is 1.14 bits per heavy atom. The van der Waals surface area contributed by atoms with Crippen molar-refractivity contribution in [1.29, 1.82) is 0 Å². The van der Waals surface area contributed by atoms with Crippen LogP contribution in [0.4, 0.5) is 4.79 Å². The summed E-state index contributed by atoms with van der Waals surface area (Å²) in [4.78, 5) is 25.0. The van der Waals surface area contributed by atoms with Crippen molar-refractivity contribution >= 4 is 17.7 Å². The number of carbonyl (C=O) groups excluding carboxylic acids is 2. The van der Waals surface area contributed by atoms with Crippen molar-refractivity contribution in [3.63, 3.8) is 0 Å². The molecule has 0 bridgehead atoms. The molecule has 1 unspecified atom stereocenters. The van der Waals surface area contributed by atoms with Crippen molar-refractivity contribution in [2.24, 2.45) is 0 Å². The molecular weight excluding hydrogens is 376 g/mol. The van der Waals surface area contributed by atoms with Gasteiger partial charge in [-0.25, -0.2) is 9.59 Å². The lowest BCUT2D eigenvalue weighted by Crippen LogP contribution is -2.45. The molecule has 0 saturated heterocycles. The lowest BCUT2D eigenvalue weighted by atomic mass is 9.92. The standard InChI is InChI=1S/C21H22N2O6/c1-4-29-16-11-13(7-10-15(16)24)19-17(20(25)28-3)18(22-21(26)23-19)12-5-8-14(27-2)9-6-12/h5-11,19,24H,4H2,1-3H3,(H2,22,23,26). The number of phenolic OH excluding ortho intramolecular Hbond substituents is 1. The zero-order chi connectivity index (χ0) is 21.0. The summed E-state index contributed by atoms with van der Waals surface area (Å²) in [5, 5.41) is 15.4. The van der Waals surface area contributed by atoms with Crippen LogP contribution in [-0.4, -0.2) is 37.9 Å². The third-order valence-corrected chi connectivity index (χ3v) is 4.47. The molecule has 0 fully saturated rings. The van der Waals surface area contributed by atoms with Gasteiger partial charge in [-0.05, 0) is 54.4 Å². The van der Waals surface area contributed by atoms with Crippen LogP contribution >= 0.6 is 0 Å². The molecule has 29 heavy (non-hydrogen) atoms. The van der Waals surface area contributed by atoms with Gasteiger partial charge in [-0.3, -0.25) is 0 Å². The van der Waals surface area contributed by atoms with E-state index in [0.717, 1.165) is 0 Å². The molecule has 8 nitrogen and oxygen atoms in total. The van der Waals surface area contributed by atoms with Crippen molar-refractivity contribution in [3.05, 3.63) is 59.2 Å². The number of nitrogens with one attached hydrogen (secondary N) is 2. The first-order valence-electron chi connectivity index (χ1n) is 8.98. The highest BCUT2D eigenvalue weighted by molar-refractivity contribution is 6.04. The smallest absolute Gasteiger partial charge is 0.338 e. The van der Waals surface area contributed by atoms with Gasteiger partial charge in [-0.15, -0.1) is 0 Å². The van der Waals surface area contributed by atoms with Gasteiger partial charge >= 0.3 is 12.0 Å². The van der Waals surface area contributed by atoms with E-state index in [0.29, 0.717) is 29.2 Å². The van der Waals surface area contributed by atoms with E-state index in [1.54, 1.807) is 50.4 Å². The maximum Gasteiger partial charge on any atom is 0.338 e. The molecule has 3 rings (SSSR count). The van der Waals surface area contributed by atoms with E-state index in [9.17, 15) is 14.7 Å². The topological polar surface area (TPSA) is 106 Å². The summed E-state index contributed by atoms with van der Waals surface area (Å²) in [6.45, 7) is 2.15. The molecule has 152 valence electrons. The van der Waals surface area contributed by atoms with E-state index >= 15 is 0 Å². The average molecular weight is 398 g/mol. The van der Waals surface area contributed by atoms with Crippen LogP contribution in [0.15, 0.2) is 48.0 Å².